The van der Waals surface area contributed by atoms with Gasteiger partial charge in [0.05, 0.1) is 0 Å². The zero-order chi connectivity index (χ0) is 15.1. The van der Waals surface area contributed by atoms with Crippen molar-refractivity contribution < 1.29 is 19.4 Å². The second-order valence-corrected chi connectivity index (χ2v) is 5.42. The minimum absolute atomic E-state index is 0. The summed E-state index contributed by atoms with van der Waals surface area (Å²) in [6.07, 6.45) is -0.0166. The molecular formula is C14H28F3NO. The van der Waals surface area contributed by atoms with Crippen LogP contribution >= 0.6 is 0 Å². The molecule has 2 nitrogen and oxygen atoms in total. The van der Waals surface area contributed by atoms with Crippen LogP contribution in [-0.4, -0.2) is 18.1 Å². The van der Waals surface area contributed by atoms with E-state index < -0.39 is 12.6 Å². The molecule has 0 bridgehead atoms. The van der Waals surface area contributed by atoms with E-state index in [1.165, 1.54) is 12.8 Å². The highest BCUT2D eigenvalue weighted by Crippen LogP contribution is 2.32. The lowest BCUT2D eigenvalue weighted by Crippen LogP contribution is -2.34. The standard InChI is InChI=1S/C11H21NO.C3H5F3.H2/c1-4-9-5-6-10(7-9)11(13)12-8(2)3;1-2-3(4,5)6;/h8-10H,4-7H2,1-3H3,(H,12,13);2H2,1H3;1H. The van der Waals surface area contributed by atoms with Crippen molar-refractivity contribution in [3.8, 4) is 0 Å². The molecule has 1 aliphatic rings. The Morgan fingerprint density at radius 2 is 1.84 bits per heavy atom. The van der Waals surface area contributed by atoms with E-state index in [1.54, 1.807) is 0 Å². The topological polar surface area (TPSA) is 29.1 Å². The number of carbonyl (C=O) groups is 1. The predicted molar refractivity (Wildman–Crippen MR) is 72.9 cm³/mol. The third-order valence-electron chi connectivity index (χ3n) is 3.32. The summed E-state index contributed by atoms with van der Waals surface area (Å²) in [5.41, 5.74) is 0. The summed E-state index contributed by atoms with van der Waals surface area (Å²) in [7, 11) is 0. The quantitative estimate of drug-likeness (QED) is 0.809. The van der Waals surface area contributed by atoms with E-state index in [4.69, 9.17) is 0 Å². The number of carbonyl (C=O) groups excluding carboxylic acids is 1. The Morgan fingerprint density at radius 3 is 2.16 bits per heavy atom. The third-order valence-corrected chi connectivity index (χ3v) is 3.32. The lowest BCUT2D eigenvalue weighted by atomic mass is 10.0. The molecule has 0 radical (unpaired) electrons. The molecule has 2 atom stereocenters. The lowest BCUT2D eigenvalue weighted by molar-refractivity contribution is -0.130. The van der Waals surface area contributed by atoms with Gasteiger partial charge in [-0.05, 0) is 39.0 Å². The smallest absolute Gasteiger partial charge is 0.354 e. The summed E-state index contributed by atoms with van der Waals surface area (Å²) < 4.78 is 32.4. The van der Waals surface area contributed by atoms with Gasteiger partial charge in [-0.1, -0.05) is 20.3 Å². The summed E-state index contributed by atoms with van der Waals surface area (Å²) in [4.78, 5) is 11.6. The Balaban J connectivity index is 0. The molecule has 1 rings (SSSR count). The van der Waals surface area contributed by atoms with Gasteiger partial charge >= 0.3 is 6.18 Å². The van der Waals surface area contributed by atoms with Gasteiger partial charge in [-0.2, -0.15) is 13.2 Å². The highest BCUT2D eigenvalue weighted by Gasteiger charge is 2.28. The molecule has 2 unspecified atom stereocenters. The number of nitrogens with one attached hydrogen (secondary N) is 1. The van der Waals surface area contributed by atoms with Gasteiger partial charge in [-0.3, -0.25) is 4.79 Å². The summed E-state index contributed by atoms with van der Waals surface area (Å²) in [5, 5.41) is 2.99. The number of rotatable bonds is 3. The maximum atomic E-state index is 11.6. The van der Waals surface area contributed by atoms with Crippen LogP contribution in [0.2, 0.25) is 0 Å². The molecule has 0 aliphatic heterocycles. The Kier molecular flexibility index (Phi) is 8.11. The fourth-order valence-electron chi connectivity index (χ4n) is 2.09. The van der Waals surface area contributed by atoms with Crippen LogP contribution in [-0.2, 0) is 4.79 Å². The molecule has 5 heteroatoms. The molecule has 0 aromatic heterocycles. The third kappa shape index (κ3) is 8.89. The van der Waals surface area contributed by atoms with E-state index in [1.807, 2.05) is 13.8 Å². The van der Waals surface area contributed by atoms with E-state index >= 15 is 0 Å². The van der Waals surface area contributed by atoms with Gasteiger partial charge in [-0.25, -0.2) is 0 Å². The van der Waals surface area contributed by atoms with Crippen molar-refractivity contribution in [2.24, 2.45) is 11.8 Å². The largest absolute Gasteiger partial charge is 0.388 e. The summed E-state index contributed by atoms with van der Waals surface area (Å²) >= 11 is 0. The first kappa shape index (κ1) is 18.3. The minimum Gasteiger partial charge on any atom is -0.354 e. The molecular weight excluding hydrogens is 255 g/mol. The Hall–Kier alpha value is -0.740. The first-order valence-electron chi connectivity index (χ1n) is 7.06. The molecule has 0 aromatic rings. The van der Waals surface area contributed by atoms with E-state index in [-0.39, 0.29) is 13.4 Å². The molecule has 116 valence electrons. The molecule has 1 aliphatic carbocycles. The zero-order valence-electron chi connectivity index (χ0n) is 12.3. The fraction of sp³-hybridized carbons (Fsp3) is 0.929. The van der Waals surface area contributed by atoms with Crippen molar-refractivity contribution >= 4 is 5.91 Å². The van der Waals surface area contributed by atoms with Gasteiger partial charge in [0, 0.05) is 19.8 Å². The van der Waals surface area contributed by atoms with Crippen LogP contribution in [0.5, 0.6) is 0 Å². The molecule has 1 fully saturated rings. The number of amides is 1. The van der Waals surface area contributed by atoms with Crippen LogP contribution < -0.4 is 5.32 Å². The van der Waals surface area contributed by atoms with Crippen molar-refractivity contribution in [1.29, 1.82) is 0 Å². The lowest BCUT2D eigenvalue weighted by Gasteiger charge is -2.13. The van der Waals surface area contributed by atoms with Crippen molar-refractivity contribution in [1.82, 2.24) is 5.32 Å². The zero-order valence-corrected chi connectivity index (χ0v) is 12.3. The fourth-order valence-corrected chi connectivity index (χ4v) is 2.09. The molecule has 1 amide bonds. The van der Waals surface area contributed by atoms with Crippen molar-refractivity contribution in [3.63, 3.8) is 0 Å². The van der Waals surface area contributed by atoms with Crippen LogP contribution in [0.15, 0.2) is 0 Å². The molecule has 0 saturated heterocycles. The first-order valence-corrected chi connectivity index (χ1v) is 7.06. The molecule has 0 heterocycles. The van der Waals surface area contributed by atoms with Crippen LogP contribution in [0.4, 0.5) is 13.2 Å². The summed E-state index contributed by atoms with van der Waals surface area (Å²) in [5.74, 6) is 1.36. The van der Waals surface area contributed by atoms with Crippen molar-refractivity contribution in [2.75, 3.05) is 0 Å². The second kappa shape index (κ2) is 8.43. The highest BCUT2D eigenvalue weighted by molar-refractivity contribution is 5.79. The molecule has 0 aromatic carbocycles. The van der Waals surface area contributed by atoms with Gasteiger partial charge in [0.25, 0.3) is 0 Å². The summed E-state index contributed by atoms with van der Waals surface area (Å²) in [6.45, 7) is 7.34. The van der Waals surface area contributed by atoms with E-state index in [9.17, 15) is 18.0 Å². The van der Waals surface area contributed by atoms with E-state index in [2.05, 4.69) is 12.2 Å². The first-order chi connectivity index (χ1) is 8.69. The monoisotopic (exact) mass is 283 g/mol. The van der Waals surface area contributed by atoms with Gasteiger partial charge in [0.15, 0.2) is 0 Å². The highest BCUT2D eigenvalue weighted by atomic mass is 19.4. The molecule has 1 N–H and O–H groups in total. The van der Waals surface area contributed by atoms with E-state index in [0.29, 0.717) is 5.92 Å². The maximum absolute atomic E-state index is 11.6. The van der Waals surface area contributed by atoms with Crippen LogP contribution in [0.3, 0.4) is 0 Å². The van der Waals surface area contributed by atoms with Gasteiger partial charge in [0.2, 0.25) is 5.91 Å². The van der Waals surface area contributed by atoms with Gasteiger partial charge < -0.3 is 5.32 Å². The number of hydrogen-bond acceptors (Lipinski definition) is 1. The van der Waals surface area contributed by atoms with Crippen molar-refractivity contribution in [2.45, 2.75) is 72.0 Å². The van der Waals surface area contributed by atoms with Crippen LogP contribution in [0.25, 0.3) is 0 Å². The normalized spacial score (nSPS) is 22.9. The molecule has 1 saturated carbocycles. The number of alkyl halides is 3. The van der Waals surface area contributed by atoms with E-state index in [0.717, 1.165) is 25.7 Å². The second-order valence-electron chi connectivity index (χ2n) is 5.42. The Labute approximate surface area is 115 Å². The van der Waals surface area contributed by atoms with Crippen molar-refractivity contribution in [3.05, 3.63) is 0 Å². The Bertz CT molecular complexity index is 270. The van der Waals surface area contributed by atoms with Gasteiger partial charge in [-0.15, -0.1) is 0 Å². The van der Waals surface area contributed by atoms with Crippen LogP contribution in [0, 0.1) is 11.8 Å². The molecule has 0 spiro atoms. The Morgan fingerprint density at radius 1 is 1.32 bits per heavy atom. The number of halogens is 3. The molecule has 19 heavy (non-hydrogen) atoms. The summed E-state index contributed by atoms with van der Waals surface area (Å²) in [6, 6.07) is 0.285. The van der Waals surface area contributed by atoms with Gasteiger partial charge in [0.1, 0.15) is 0 Å². The predicted octanol–water partition coefficient (Wildman–Crippen LogP) is 4.54. The maximum Gasteiger partial charge on any atom is 0.388 e. The average Bonchev–Trinajstić information content (AvgIpc) is 2.76. The average molecular weight is 283 g/mol. The number of hydrogen-bond donors (Lipinski definition) is 1. The SMILES string of the molecule is CCC(F)(F)F.CCC1CCC(C(=O)NC(C)C)C1.[HH]. The van der Waals surface area contributed by atoms with Crippen LogP contribution in [0.1, 0.15) is 61.2 Å². The minimum atomic E-state index is -3.96.